The van der Waals surface area contributed by atoms with Crippen LogP contribution >= 0.6 is 11.3 Å². The third kappa shape index (κ3) is 4.36. The van der Waals surface area contributed by atoms with E-state index in [2.05, 4.69) is 5.32 Å². The molecule has 0 saturated heterocycles. The molecule has 0 aliphatic carbocycles. The average molecular weight is 366 g/mol. The highest BCUT2D eigenvalue weighted by atomic mass is 32.1. The Bertz CT molecular complexity index is 851. The number of benzene rings is 2. The molecule has 2 aromatic carbocycles. The van der Waals surface area contributed by atoms with E-state index in [0.29, 0.717) is 0 Å². The summed E-state index contributed by atoms with van der Waals surface area (Å²) < 4.78 is 0. The zero-order valence-corrected chi connectivity index (χ0v) is 14.9. The number of hydrogen-bond donors (Lipinski definition) is 3. The molecule has 0 radical (unpaired) electrons. The van der Waals surface area contributed by atoms with Crippen LogP contribution in [0.2, 0.25) is 0 Å². The van der Waals surface area contributed by atoms with Gasteiger partial charge in [0.05, 0.1) is 4.88 Å². The molecule has 1 heterocycles. The van der Waals surface area contributed by atoms with Gasteiger partial charge in [-0.2, -0.15) is 0 Å². The fourth-order valence-electron chi connectivity index (χ4n) is 2.90. The standard InChI is InChI=1S/C20H19N3O2S/c21-20(25)23-19(24)18(15-10-5-2-6-11-15)22-17(16-12-7-13-26-16)14-8-3-1-4-9-14/h1-13,17-18,22H,(H3,21,23,24,25)/p+1/t17-,18-/m1/s1. The van der Waals surface area contributed by atoms with Crippen LogP contribution in [-0.4, -0.2) is 11.9 Å². The number of carbonyl (C=O) groups is 2. The van der Waals surface area contributed by atoms with Gasteiger partial charge in [0, 0.05) is 11.1 Å². The van der Waals surface area contributed by atoms with Crippen molar-refractivity contribution in [1.29, 1.82) is 0 Å². The number of imide groups is 1. The maximum atomic E-state index is 12.7. The minimum atomic E-state index is -0.850. The van der Waals surface area contributed by atoms with Crippen LogP contribution in [0.15, 0.2) is 78.2 Å². The highest BCUT2D eigenvalue weighted by Crippen LogP contribution is 2.24. The van der Waals surface area contributed by atoms with Gasteiger partial charge in [0.15, 0.2) is 6.04 Å². The van der Waals surface area contributed by atoms with E-state index in [0.717, 1.165) is 16.0 Å². The largest absolute Gasteiger partial charge is 0.351 e. The van der Waals surface area contributed by atoms with Crippen molar-refractivity contribution in [1.82, 2.24) is 5.32 Å². The summed E-state index contributed by atoms with van der Waals surface area (Å²) in [6.07, 6.45) is 0. The van der Waals surface area contributed by atoms with E-state index >= 15 is 0 Å². The van der Waals surface area contributed by atoms with Crippen LogP contribution in [0.25, 0.3) is 0 Å². The molecule has 3 aromatic rings. The Labute approximate surface area is 155 Å². The Morgan fingerprint density at radius 1 is 0.885 bits per heavy atom. The number of rotatable bonds is 6. The van der Waals surface area contributed by atoms with Crippen LogP contribution in [0.4, 0.5) is 4.79 Å². The number of primary amides is 1. The summed E-state index contributed by atoms with van der Waals surface area (Å²) in [7, 11) is 0. The molecule has 132 valence electrons. The Morgan fingerprint density at radius 2 is 1.50 bits per heavy atom. The van der Waals surface area contributed by atoms with Gasteiger partial charge in [-0.3, -0.25) is 10.1 Å². The summed E-state index contributed by atoms with van der Waals surface area (Å²) in [6, 6.07) is 21.9. The SMILES string of the molecule is NC(=O)NC(=O)[C@H]([NH2+][C@H](c1ccccc1)c1cccs1)c1ccccc1. The molecular weight excluding hydrogens is 346 g/mol. The Kier molecular flexibility index (Phi) is 5.78. The molecule has 26 heavy (non-hydrogen) atoms. The molecule has 0 fully saturated rings. The van der Waals surface area contributed by atoms with Crippen molar-refractivity contribution in [3.8, 4) is 0 Å². The molecule has 0 saturated carbocycles. The number of nitrogens with one attached hydrogen (secondary N) is 1. The molecule has 0 spiro atoms. The molecule has 0 bridgehead atoms. The molecule has 3 amide bonds. The maximum absolute atomic E-state index is 12.7. The third-order valence-electron chi connectivity index (χ3n) is 4.08. The fraction of sp³-hybridized carbons (Fsp3) is 0.100. The predicted molar refractivity (Wildman–Crippen MR) is 101 cm³/mol. The van der Waals surface area contributed by atoms with E-state index in [1.165, 1.54) is 0 Å². The first-order valence-electron chi connectivity index (χ1n) is 8.23. The molecule has 2 atom stereocenters. The van der Waals surface area contributed by atoms with Crippen LogP contribution in [0, 0.1) is 0 Å². The average Bonchev–Trinajstić information content (AvgIpc) is 3.17. The number of quaternary nitrogens is 1. The summed E-state index contributed by atoms with van der Waals surface area (Å²) in [5.74, 6) is -0.429. The van der Waals surface area contributed by atoms with Gasteiger partial charge in [-0.15, -0.1) is 11.3 Å². The molecular formula is C20H20N3O2S+. The van der Waals surface area contributed by atoms with Gasteiger partial charge >= 0.3 is 6.03 Å². The van der Waals surface area contributed by atoms with E-state index in [4.69, 9.17) is 5.73 Å². The molecule has 3 rings (SSSR count). The van der Waals surface area contributed by atoms with Crippen molar-refractivity contribution in [2.45, 2.75) is 12.1 Å². The smallest absolute Gasteiger partial charge is 0.319 e. The van der Waals surface area contributed by atoms with Gasteiger partial charge < -0.3 is 11.1 Å². The zero-order chi connectivity index (χ0) is 18.4. The number of amides is 3. The Morgan fingerprint density at radius 3 is 2.04 bits per heavy atom. The van der Waals surface area contributed by atoms with Crippen molar-refractivity contribution in [3.05, 3.63) is 94.2 Å². The van der Waals surface area contributed by atoms with Crippen molar-refractivity contribution in [3.63, 3.8) is 0 Å². The highest BCUT2D eigenvalue weighted by Gasteiger charge is 2.30. The van der Waals surface area contributed by atoms with Gasteiger partial charge in [-0.1, -0.05) is 66.7 Å². The van der Waals surface area contributed by atoms with Crippen molar-refractivity contribution >= 4 is 23.3 Å². The minimum absolute atomic E-state index is 0.0694. The van der Waals surface area contributed by atoms with Crippen molar-refractivity contribution < 1.29 is 14.9 Å². The normalized spacial score (nSPS) is 12.9. The first kappa shape index (κ1) is 17.8. The van der Waals surface area contributed by atoms with Crippen LogP contribution in [0.5, 0.6) is 0 Å². The summed E-state index contributed by atoms with van der Waals surface area (Å²) in [5, 5.41) is 6.20. The number of thiophene rings is 1. The lowest BCUT2D eigenvalue weighted by Crippen LogP contribution is -2.88. The van der Waals surface area contributed by atoms with Crippen molar-refractivity contribution in [2.75, 3.05) is 0 Å². The number of hydrogen-bond acceptors (Lipinski definition) is 3. The van der Waals surface area contributed by atoms with Gasteiger partial charge in [0.2, 0.25) is 0 Å². The summed E-state index contributed by atoms with van der Waals surface area (Å²) in [5.41, 5.74) is 7.06. The lowest BCUT2D eigenvalue weighted by atomic mass is 10.0. The van der Waals surface area contributed by atoms with Gasteiger partial charge in [0.25, 0.3) is 5.91 Å². The second-order valence-electron chi connectivity index (χ2n) is 5.84. The van der Waals surface area contributed by atoms with E-state index in [1.54, 1.807) is 11.3 Å². The minimum Gasteiger partial charge on any atom is -0.351 e. The molecule has 6 heteroatoms. The van der Waals surface area contributed by atoms with Crippen LogP contribution < -0.4 is 16.4 Å². The molecule has 5 N–H and O–H groups in total. The van der Waals surface area contributed by atoms with E-state index < -0.39 is 18.0 Å². The first-order valence-corrected chi connectivity index (χ1v) is 9.11. The molecule has 1 aromatic heterocycles. The van der Waals surface area contributed by atoms with Crippen LogP contribution in [0.3, 0.4) is 0 Å². The maximum Gasteiger partial charge on any atom is 0.319 e. The zero-order valence-electron chi connectivity index (χ0n) is 14.0. The lowest BCUT2D eigenvalue weighted by Gasteiger charge is -2.21. The number of carbonyl (C=O) groups excluding carboxylic acids is 2. The lowest BCUT2D eigenvalue weighted by molar-refractivity contribution is -0.713. The third-order valence-corrected chi connectivity index (χ3v) is 5.04. The number of nitrogens with two attached hydrogens (primary N) is 2. The van der Waals surface area contributed by atoms with Gasteiger partial charge in [0.1, 0.15) is 6.04 Å². The molecule has 5 nitrogen and oxygen atoms in total. The first-order chi connectivity index (χ1) is 12.6. The molecule has 0 unspecified atom stereocenters. The van der Waals surface area contributed by atoms with Gasteiger partial charge in [-0.25, -0.2) is 4.79 Å². The van der Waals surface area contributed by atoms with E-state index in [-0.39, 0.29) is 6.04 Å². The second kappa shape index (κ2) is 8.42. The quantitative estimate of drug-likeness (QED) is 0.625. The molecule has 0 aliphatic heterocycles. The highest BCUT2D eigenvalue weighted by molar-refractivity contribution is 7.10. The van der Waals surface area contributed by atoms with Crippen molar-refractivity contribution in [2.24, 2.45) is 5.73 Å². The second-order valence-corrected chi connectivity index (χ2v) is 6.82. The van der Waals surface area contributed by atoms with E-state index in [9.17, 15) is 9.59 Å². The fourth-order valence-corrected chi connectivity index (χ4v) is 3.73. The van der Waals surface area contributed by atoms with Gasteiger partial charge in [-0.05, 0) is 11.4 Å². The van der Waals surface area contributed by atoms with Crippen LogP contribution in [0.1, 0.15) is 28.1 Å². The summed E-state index contributed by atoms with van der Waals surface area (Å²) in [4.78, 5) is 25.0. The summed E-state index contributed by atoms with van der Waals surface area (Å²) in [6.45, 7) is 0. The van der Waals surface area contributed by atoms with E-state index in [1.807, 2.05) is 83.5 Å². The predicted octanol–water partition coefficient (Wildman–Crippen LogP) is 2.34. The Hall–Kier alpha value is -2.96. The number of urea groups is 1. The molecule has 0 aliphatic rings. The Balaban J connectivity index is 1.97. The monoisotopic (exact) mass is 366 g/mol. The van der Waals surface area contributed by atoms with Crippen LogP contribution in [-0.2, 0) is 4.79 Å². The topological polar surface area (TPSA) is 88.8 Å². The summed E-state index contributed by atoms with van der Waals surface area (Å²) >= 11 is 1.63.